The molecule has 2 aromatic rings. The van der Waals surface area contributed by atoms with E-state index in [9.17, 15) is 0 Å². The molecule has 0 fully saturated rings. The third kappa shape index (κ3) is 1.33. The summed E-state index contributed by atoms with van der Waals surface area (Å²) in [5, 5.41) is 1.41. The van der Waals surface area contributed by atoms with Gasteiger partial charge in [-0.3, -0.25) is 0 Å². The molecule has 0 aliphatic rings. The summed E-state index contributed by atoms with van der Waals surface area (Å²) in [5.41, 5.74) is 4.23. The van der Waals surface area contributed by atoms with Gasteiger partial charge < -0.3 is 4.57 Å². The van der Waals surface area contributed by atoms with Crippen LogP contribution in [0, 0.1) is 0 Å². The maximum Gasteiger partial charge on any atom is 0.0483 e. The van der Waals surface area contributed by atoms with Crippen LogP contribution >= 0.6 is 0 Å². The summed E-state index contributed by atoms with van der Waals surface area (Å²) in [5.74, 6) is 0. The fourth-order valence-corrected chi connectivity index (χ4v) is 2.02. The van der Waals surface area contributed by atoms with Crippen LogP contribution in [0.1, 0.15) is 25.0 Å². The van der Waals surface area contributed by atoms with Crippen LogP contribution in [0.3, 0.4) is 0 Å². The molecule has 0 unspecified atom stereocenters. The minimum Gasteiger partial charge on any atom is -0.350 e. The van der Waals surface area contributed by atoms with Gasteiger partial charge in [-0.2, -0.15) is 0 Å². The van der Waals surface area contributed by atoms with Crippen LogP contribution < -0.4 is 0 Å². The van der Waals surface area contributed by atoms with Crippen LogP contribution in [0.2, 0.25) is 0 Å². The van der Waals surface area contributed by atoms with E-state index in [-0.39, 0.29) is 0 Å². The molecule has 0 N–H and O–H groups in total. The zero-order valence-corrected chi connectivity index (χ0v) is 9.17. The first kappa shape index (κ1) is 9.32. The highest BCUT2D eigenvalue weighted by Crippen LogP contribution is 2.22. The summed E-state index contributed by atoms with van der Waals surface area (Å²) in [6.45, 7) is 4.41. The summed E-state index contributed by atoms with van der Waals surface area (Å²) in [6, 6.07) is 6.79. The van der Waals surface area contributed by atoms with E-state index in [1.165, 1.54) is 22.0 Å². The average molecular weight is 187 g/mol. The lowest BCUT2D eigenvalue weighted by molar-refractivity contribution is 0.952. The van der Waals surface area contributed by atoms with Crippen molar-refractivity contribution in [2.75, 3.05) is 0 Å². The lowest BCUT2D eigenvalue weighted by atomic mass is 10.1. The summed E-state index contributed by atoms with van der Waals surface area (Å²) < 4.78 is 2.23. The minimum atomic E-state index is 1.11. The van der Waals surface area contributed by atoms with Crippen LogP contribution in [-0.4, -0.2) is 4.57 Å². The van der Waals surface area contributed by atoms with Gasteiger partial charge >= 0.3 is 0 Å². The Morgan fingerprint density at radius 3 is 2.57 bits per heavy atom. The predicted molar refractivity (Wildman–Crippen MR) is 61.7 cm³/mol. The molecule has 1 aromatic carbocycles. The number of aromatic nitrogens is 1. The van der Waals surface area contributed by atoms with Gasteiger partial charge in [0.2, 0.25) is 0 Å². The van der Waals surface area contributed by atoms with Crippen molar-refractivity contribution in [3.8, 4) is 0 Å². The fraction of sp³-hybridized carbons (Fsp3) is 0.385. The monoisotopic (exact) mass is 187 g/mol. The van der Waals surface area contributed by atoms with Crippen LogP contribution in [0.15, 0.2) is 24.4 Å². The number of benzene rings is 1. The highest BCUT2D eigenvalue weighted by molar-refractivity contribution is 5.84. The fourth-order valence-electron chi connectivity index (χ4n) is 2.02. The second-order valence-corrected chi connectivity index (χ2v) is 3.82. The Balaban J connectivity index is 2.70. The molecule has 1 nitrogen and oxygen atoms in total. The predicted octanol–water partition coefficient (Wildman–Crippen LogP) is 3.30. The SMILES string of the molecule is CCc1ccc2c(CC)cn(C)c2c1. The van der Waals surface area contributed by atoms with Crippen molar-refractivity contribution in [2.45, 2.75) is 26.7 Å². The maximum atomic E-state index is 2.30. The van der Waals surface area contributed by atoms with Crippen molar-refractivity contribution >= 4 is 10.9 Å². The third-order valence-electron chi connectivity index (χ3n) is 2.93. The van der Waals surface area contributed by atoms with E-state index in [2.05, 4.69) is 49.9 Å². The number of rotatable bonds is 2. The van der Waals surface area contributed by atoms with E-state index in [1.807, 2.05) is 0 Å². The number of hydrogen-bond acceptors (Lipinski definition) is 0. The van der Waals surface area contributed by atoms with Gasteiger partial charge in [-0.25, -0.2) is 0 Å². The first-order valence-electron chi connectivity index (χ1n) is 5.33. The Kier molecular flexibility index (Phi) is 2.32. The van der Waals surface area contributed by atoms with Crippen molar-refractivity contribution in [1.82, 2.24) is 4.57 Å². The first-order chi connectivity index (χ1) is 6.76. The van der Waals surface area contributed by atoms with Gasteiger partial charge in [0, 0.05) is 24.1 Å². The molecule has 1 heterocycles. The molecule has 0 saturated carbocycles. The Hall–Kier alpha value is -1.24. The molecule has 0 saturated heterocycles. The second kappa shape index (κ2) is 3.49. The number of fused-ring (bicyclic) bond motifs is 1. The molecule has 1 aromatic heterocycles. The van der Waals surface area contributed by atoms with E-state index in [0.717, 1.165) is 12.8 Å². The topological polar surface area (TPSA) is 4.93 Å². The molecule has 0 spiro atoms. The number of hydrogen-bond donors (Lipinski definition) is 0. The Morgan fingerprint density at radius 2 is 1.93 bits per heavy atom. The summed E-state index contributed by atoms with van der Waals surface area (Å²) >= 11 is 0. The van der Waals surface area contributed by atoms with Crippen LogP contribution in [0.5, 0.6) is 0 Å². The van der Waals surface area contributed by atoms with E-state index in [0.29, 0.717) is 0 Å². The highest BCUT2D eigenvalue weighted by atomic mass is 14.9. The van der Waals surface area contributed by atoms with Crippen LogP contribution in [0.25, 0.3) is 10.9 Å². The van der Waals surface area contributed by atoms with Gasteiger partial charge in [-0.1, -0.05) is 26.0 Å². The van der Waals surface area contributed by atoms with Gasteiger partial charge in [0.15, 0.2) is 0 Å². The molecule has 2 rings (SSSR count). The lowest BCUT2D eigenvalue weighted by Crippen LogP contribution is -1.85. The molecule has 0 atom stereocenters. The van der Waals surface area contributed by atoms with E-state index >= 15 is 0 Å². The summed E-state index contributed by atoms with van der Waals surface area (Å²) in [6.07, 6.45) is 4.47. The molecule has 14 heavy (non-hydrogen) atoms. The van der Waals surface area contributed by atoms with Crippen molar-refractivity contribution in [1.29, 1.82) is 0 Å². The number of nitrogens with zero attached hydrogens (tertiary/aromatic N) is 1. The summed E-state index contributed by atoms with van der Waals surface area (Å²) in [4.78, 5) is 0. The quantitative estimate of drug-likeness (QED) is 0.679. The standard InChI is InChI=1S/C13H17N/c1-4-10-6-7-12-11(5-2)9-14(3)13(12)8-10/h6-9H,4-5H2,1-3H3. The molecule has 0 radical (unpaired) electrons. The molecule has 0 amide bonds. The Labute approximate surface area is 85.4 Å². The lowest BCUT2D eigenvalue weighted by Gasteiger charge is -1.99. The second-order valence-electron chi connectivity index (χ2n) is 3.82. The molecular formula is C13H17N. The van der Waals surface area contributed by atoms with Gasteiger partial charge in [0.05, 0.1) is 0 Å². The largest absolute Gasteiger partial charge is 0.350 e. The van der Waals surface area contributed by atoms with Crippen molar-refractivity contribution in [3.63, 3.8) is 0 Å². The average Bonchev–Trinajstić information content (AvgIpc) is 2.55. The molecule has 0 bridgehead atoms. The van der Waals surface area contributed by atoms with Gasteiger partial charge in [0.1, 0.15) is 0 Å². The summed E-state index contributed by atoms with van der Waals surface area (Å²) in [7, 11) is 2.13. The minimum absolute atomic E-state index is 1.11. The molecule has 74 valence electrons. The molecule has 0 aliphatic heterocycles. The van der Waals surface area contributed by atoms with Crippen LogP contribution in [-0.2, 0) is 19.9 Å². The smallest absolute Gasteiger partial charge is 0.0483 e. The van der Waals surface area contributed by atoms with Crippen molar-refractivity contribution in [3.05, 3.63) is 35.5 Å². The van der Waals surface area contributed by atoms with E-state index in [1.54, 1.807) is 0 Å². The Bertz CT molecular complexity index is 451. The molecule has 0 aliphatic carbocycles. The van der Waals surface area contributed by atoms with Gasteiger partial charge in [-0.05, 0) is 30.0 Å². The van der Waals surface area contributed by atoms with Gasteiger partial charge in [0.25, 0.3) is 0 Å². The highest BCUT2D eigenvalue weighted by Gasteiger charge is 2.04. The van der Waals surface area contributed by atoms with E-state index < -0.39 is 0 Å². The maximum absolute atomic E-state index is 2.30. The number of aryl methyl sites for hydroxylation is 3. The van der Waals surface area contributed by atoms with Crippen molar-refractivity contribution < 1.29 is 0 Å². The Morgan fingerprint density at radius 1 is 1.14 bits per heavy atom. The third-order valence-corrected chi connectivity index (χ3v) is 2.93. The van der Waals surface area contributed by atoms with Gasteiger partial charge in [-0.15, -0.1) is 0 Å². The zero-order chi connectivity index (χ0) is 10.1. The van der Waals surface area contributed by atoms with E-state index in [4.69, 9.17) is 0 Å². The molecule has 1 heteroatoms. The first-order valence-corrected chi connectivity index (χ1v) is 5.33. The van der Waals surface area contributed by atoms with Crippen molar-refractivity contribution in [2.24, 2.45) is 7.05 Å². The van der Waals surface area contributed by atoms with Crippen LogP contribution in [0.4, 0.5) is 0 Å². The normalized spacial score (nSPS) is 11.1. The zero-order valence-electron chi connectivity index (χ0n) is 9.17. The molecular weight excluding hydrogens is 170 g/mol.